The van der Waals surface area contributed by atoms with E-state index in [0.717, 1.165) is 19.1 Å². The molecule has 0 radical (unpaired) electrons. The zero-order valence-electron chi connectivity index (χ0n) is 5.31. The van der Waals surface area contributed by atoms with Crippen molar-refractivity contribution >= 4 is 0 Å². The van der Waals surface area contributed by atoms with Crippen LogP contribution in [0.5, 0.6) is 0 Å². The van der Waals surface area contributed by atoms with Crippen molar-refractivity contribution in [1.29, 1.82) is 0 Å². The Morgan fingerprint density at radius 3 is 3.12 bits per heavy atom. The van der Waals surface area contributed by atoms with Gasteiger partial charge in [0.15, 0.2) is 0 Å². The number of hydrogen-bond donors (Lipinski definition) is 1. The van der Waals surface area contributed by atoms with Crippen molar-refractivity contribution in [2.45, 2.75) is 6.42 Å². The van der Waals surface area contributed by atoms with Gasteiger partial charge in [-0.25, -0.2) is 0 Å². The Hall–Kier alpha value is -0.0800. The Labute approximate surface area is 50.2 Å². The Kier molecular flexibility index (Phi) is 2.30. The molecule has 1 heterocycles. The molecule has 1 rings (SSSR count). The van der Waals surface area contributed by atoms with Gasteiger partial charge in [0, 0.05) is 13.7 Å². The van der Waals surface area contributed by atoms with E-state index < -0.39 is 0 Å². The normalized spacial score (nSPS) is 28.9. The lowest BCUT2D eigenvalue weighted by molar-refractivity contribution is 0.160. The van der Waals surface area contributed by atoms with Crippen LogP contribution in [-0.4, -0.2) is 26.8 Å². The van der Waals surface area contributed by atoms with Crippen LogP contribution in [0, 0.1) is 5.92 Å². The van der Waals surface area contributed by atoms with Crippen molar-refractivity contribution in [2.24, 2.45) is 5.92 Å². The predicted octanol–water partition coefficient (Wildman–Crippen LogP) is 0.242. The summed E-state index contributed by atoms with van der Waals surface area (Å²) in [5.41, 5.74) is 0. The average molecular weight is 115 g/mol. The SMILES string of the molecule is COC[C@@H]1CCNC1. The van der Waals surface area contributed by atoms with Crippen molar-refractivity contribution in [3.8, 4) is 0 Å². The van der Waals surface area contributed by atoms with Crippen LogP contribution < -0.4 is 5.32 Å². The minimum Gasteiger partial charge on any atom is -0.384 e. The van der Waals surface area contributed by atoms with E-state index in [-0.39, 0.29) is 0 Å². The van der Waals surface area contributed by atoms with E-state index in [9.17, 15) is 0 Å². The van der Waals surface area contributed by atoms with Crippen LogP contribution in [0.25, 0.3) is 0 Å². The van der Waals surface area contributed by atoms with Crippen molar-refractivity contribution < 1.29 is 4.74 Å². The minimum absolute atomic E-state index is 0.778. The fourth-order valence-corrected chi connectivity index (χ4v) is 1.09. The van der Waals surface area contributed by atoms with Crippen LogP contribution >= 0.6 is 0 Å². The first-order valence-corrected chi connectivity index (χ1v) is 3.13. The van der Waals surface area contributed by atoms with E-state index in [1.165, 1.54) is 13.0 Å². The highest BCUT2D eigenvalue weighted by molar-refractivity contribution is 4.69. The molecule has 1 aliphatic heterocycles. The van der Waals surface area contributed by atoms with Crippen LogP contribution in [0.4, 0.5) is 0 Å². The number of methoxy groups -OCH3 is 1. The maximum Gasteiger partial charge on any atom is 0.0503 e. The first kappa shape index (κ1) is 6.05. The molecule has 1 atom stereocenters. The molecule has 2 nitrogen and oxygen atoms in total. The van der Waals surface area contributed by atoms with Gasteiger partial charge in [0.25, 0.3) is 0 Å². The summed E-state index contributed by atoms with van der Waals surface area (Å²) >= 11 is 0. The van der Waals surface area contributed by atoms with Gasteiger partial charge in [0.1, 0.15) is 0 Å². The summed E-state index contributed by atoms with van der Waals surface area (Å²) in [5.74, 6) is 0.778. The zero-order valence-corrected chi connectivity index (χ0v) is 5.31. The van der Waals surface area contributed by atoms with Gasteiger partial charge in [-0.2, -0.15) is 0 Å². The first-order chi connectivity index (χ1) is 3.93. The highest BCUT2D eigenvalue weighted by Gasteiger charge is 2.12. The molecule has 1 fully saturated rings. The standard InChI is InChI=1S/C6H13NO/c1-8-5-6-2-3-7-4-6/h6-7H,2-5H2,1H3/t6-/m1/s1. The van der Waals surface area contributed by atoms with E-state index in [4.69, 9.17) is 4.74 Å². The summed E-state index contributed by atoms with van der Waals surface area (Å²) in [4.78, 5) is 0. The third-order valence-corrected chi connectivity index (χ3v) is 1.56. The van der Waals surface area contributed by atoms with Crippen LogP contribution in [0.15, 0.2) is 0 Å². The fourth-order valence-electron chi connectivity index (χ4n) is 1.09. The molecule has 1 N–H and O–H groups in total. The Morgan fingerprint density at radius 2 is 2.62 bits per heavy atom. The second-order valence-corrected chi connectivity index (χ2v) is 2.31. The molecule has 0 spiro atoms. The molecule has 0 aromatic heterocycles. The number of ether oxygens (including phenoxy) is 1. The van der Waals surface area contributed by atoms with E-state index in [0.29, 0.717) is 0 Å². The van der Waals surface area contributed by atoms with Gasteiger partial charge in [0.05, 0.1) is 6.61 Å². The summed E-state index contributed by atoms with van der Waals surface area (Å²) in [6, 6.07) is 0. The first-order valence-electron chi connectivity index (χ1n) is 3.13. The number of rotatable bonds is 2. The van der Waals surface area contributed by atoms with E-state index >= 15 is 0 Å². The number of hydrogen-bond acceptors (Lipinski definition) is 2. The summed E-state index contributed by atoms with van der Waals surface area (Å²) in [7, 11) is 1.76. The molecule has 0 saturated carbocycles. The van der Waals surface area contributed by atoms with Crippen LogP contribution in [0.1, 0.15) is 6.42 Å². The van der Waals surface area contributed by atoms with Crippen molar-refractivity contribution in [3.05, 3.63) is 0 Å². The molecule has 48 valence electrons. The van der Waals surface area contributed by atoms with Crippen LogP contribution in [0.3, 0.4) is 0 Å². The molecule has 0 aromatic rings. The fraction of sp³-hybridized carbons (Fsp3) is 1.00. The molecular weight excluding hydrogens is 102 g/mol. The van der Waals surface area contributed by atoms with Crippen molar-refractivity contribution in [1.82, 2.24) is 5.32 Å². The topological polar surface area (TPSA) is 21.3 Å². The maximum absolute atomic E-state index is 4.99. The van der Waals surface area contributed by atoms with Gasteiger partial charge in [-0.1, -0.05) is 0 Å². The summed E-state index contributed by atoms with van der Waals surface area (Å²) in [6.45, 7) is 3.24. The van der Waals surface area contributed by atoms with Crippen molar-refractivity contribution in [3.63, 3.8) is 0 Å². The quantitative estimate of drug-likeness (QED) is 0.556. The summed E-state index contributed by atoms with van der Waals surface area (Å²) in [6.07, 6.45) is 1.29. The monoisotopic (exact) mass is 115 g/mol. The van der Waals surface area contributed by atoms with E-state index in [1.807, 2.05) is 0 Å². The zero-order chi connectivity index (χ0) is 5.82. The molecule has 2 heteroatoms. The highest BCUT2D eigenvalue weighted by atomic mass is 16.5. The molecule has 0 aromatic carbocycles. The summed E-state index contributed by atoms with van der Waals surface area (Å²) < 4.78 is 4.99. The van der Waals surface area contributed by atoms with Gasteiger partial charge in [-0.15, -0.1) is 0 Å². The van der Waals surface area contributed by atoms with E-state index in [1.54, 1.807) is 7.11 Å². The summed E-state index contributed by atoms with van der Waals surface area (Å²) in [5, 5.41) is 3.28. The Bertz CT molecular complexity index is 59.5. The predicted molar refractivity (Wildman–Crippen MR) is 32.9 cm³/mol. The van der Waals surface area contributed by atoms with Gasteiger partial charge in [0.2, 0.25) is 0 Å². The second kappa shape index (κ2) is 3.05. The lowest BCUT2D eigenvalue weighted by Gasteiger charge is -2.03. The van der Waals surface area contributed by atoms with Gasteiger partial charge < -0.3 is 10.1 Å². The molecule has 1 aliphatic rings. The van der Waals surface area contributed by atoms with Gasteiger partial charge in [-0.3, -0.25) is 0 Å². The lowest BCUT2D eigenvalue weighted by Crippen LogP contribution is -2.12. The maximum atomic E-state index is 4.99. The molecular formula is C6H13NO. The highest BCUT2D eigenvalue weighted by Crippen LogP contribution is 2.05. The van der Waals surface area contributed by atoms with Crippen molar-refractivity contribution in [2.75, 3.05) is 26.8 Å². The second-order valence-electron chi connectivity index (χ2n) is 2.31. The Morgan fingerprint density at radius 1 is 1.75 bits per heavy atom. The lowest BCUT2D eigenvalue weighted by atomic mass is 10.1. The van der Waals surface area contributed by atoms with E-state index in [2.05, 4.69) is 5.32 Å². The average Bonchev–Trinajstić information content (AvgIpc) is 2.19. The molecule has 0 unspecified atom stereocenters. The number of nitrogens with one attached hydrogen (secondary N) is 1. The molecule has 0 amide bonds. The molecule has 8 heavy (non-hydrogen) atoms. The Balaban J connectivity index is 2.06. The third-order valence-electron chi connectivity index (χ3n) is 1.56. The minimum atomic E-state index is 0.778. The van der Waals surface area contributed by atoms with Crippen LogP contribution in [0.2, 0.25) is 0 Å². The van der Waals surface area contributed by atoms with Gasteiger partial charge in [-0.05, 0) is 18.9 Å². The molecule has 0 bridgehead atoms. The smallest absolute Gasteiger partial charge is 0.0503 e. The third kappa shape index (κ3) is 1.46. The van der Waals surface area contributed by atoms with Gasteiger partial charge >= 0.3 is 0 Å². The molecule has 1 saturated heterocycles. The molecule has 0 aliphatic carbocycles. The largest absolute Gasteiger partial charge is 0.384 e. The van der Waals surface area contributed by atoms with Crippen LogP contribution in [-0.2, 0) is 4.74 Å².